The van der Waals surface area contributed by atoms with Crippen LogP contribution < -0.4 is 14.8 Å². The van der Waals surface area contributed by atoms with E-state index in [-0.39, 0.29) is 0 Å². The zero-order chi connectivity index (χ0) is 19.7. The summed E-state index contributed by atoms with van der Waals surface area (Å²) in [6, 6.07) is 11.3. The van der Waals surface area contributed by atoms with E-state index in [1.54, 1.807) is 20.3 Å². The molecule has 0 fully saturated rings. The molecule has 5 nitrogen and oxygen atoms in total. The number of fused-ring (bicyclic) bond motifs is 1. The van der Waals surface area contributed by atoms with Crippen molar-refractivity contribution < 1.29 is 9.47 Å². The summed E-state index contributed by atoms with van der Waals surface area (Å²) in [7, 11) is 3.28. The first-order valence-corrected chi connectivity index (χ1v) is 9.91. The largest absolute Gasteiger partial charge is 0.493 e. The fourth-order valence-electron chi connectivity index (χ4n) is 3.64. The van der Waals surface area contributed by atoms with Crippen molar-refractivity contribution in [1.82, 2.24) is 9.78 Å². The maximum absolute atomic E-state index is 6.24. The predicted molar refractivity (Wildman–Crippen MR) is 114 cm³/mol. The molecule has 0 atom stereocenters. The number of hydrogen-bond acceptors (Lipinski definition) is 4. The van der Waals surface area contributed by atoms with Crippen molar-refractivity contribution in [2.75, 3.05) is 26.1 Å². The van der Waals surface area contributed by atoms with E-state index in [9.17, 15) is 0 Å². The summed E-state index contributed by atoms with van der Waals surface area (Å²) in [5, 5.41) is 9.61. The predicted octanol–water partition coefficient (Wildman–Crippen LogP) is 5.61. The molecule has 0 spiro atoms. The van der Waals surface area contributed by atoms with E-state index in [4.69, 9.17) is 37.8 Å². The summed E-state index contributed by atoms with van der Waals surface area (Å²) in [6.07, 6.45) is 3.10. The number of anilines is 1. The molecule has 28 heavy (non-hydrogen) atoms. The molecule has 0 saturated carbocycles. The minimum absolute atomic E-state index is 0.570. The number of ether oxygens (including phenoxy) is 2. The Morgan fingerprint density at radius 1 is 1.04 bits per heavy atom. The van der Waals surface area contributed by atoms with Gasteiger partial charge < -0.3 is 14.8 Å². The van der Waals surface area contributed by atoms with Crippen LogP contribution in [0.1, 0.15) is 18.4 Å². The highest BCUT2D eigenvalue weighted by molar-refractivity contribution is 6.34. The minimum Gasteiger partial charge on any atom is -0.493 e. The number of nitrogens with one attached hydrogen (secondary N) is 1. The van der Waals surface area contributed by atoms with Gasteiger partial charge in [0.1, 0.15) is 11.5 Å². The first kappa shape index (κ1) is 19.0. The smallest absolute Gasteiger partial charge is 0.170 e. The second-order valence-electron chi connectivity index (χ2n) is 6.64. The van der Waals surface area contributed by atoms with E-state index in [1.165, 1.54) is 0 Å². The van der Waals surface area contributed by atoms with E-state index < -0.39 is 0 Å². The normalized spacial score (nSPS) is 13.4. The van der Waals surface area contributed by atoms with Gasteiger partial charge in [0.2, 0.25) is 0 Å². The van der Waals surface area contributed by atoms with Gasteiger partial charge >= 0.3 is 0 Å². The quantitative estimate of drug-likeness (QED) is 0.598. The third-order valence-corrected chi connectivity index (χ3v) is 5.32. The van der Waals surface area contributed by atoms with Crippen LogP contribution in [0.3, 0.4) is 0 Å². The van der Waals surface area contributed by atoms with E-state index >= 15 is 0 Å². The average Bonchev–Trinajstić information content (AvgIpc) is 2.87. The molecular weight excluding hydrogens is 397 g/mol. The molecule has 146 valence electrons. The van der Waals surface area contributed by atoms with E-state index in [2.05, 4.69) is 5.32 Å². The maximum atomic E-state index is 6.24. The summed E-state index contributed by atoms with van der Waals surface area (Å²) in [5.74, 6) is 2.32. The number of methoxy groups -OCH3 is 2. The maximum Gasteiger partial charge on any atom is 0.170 e. The Kier molecular flexibility index (Phi) is 5.38. The van der Waals surface area contributed by atoms with Crippen LogP contribution in [0.25, 0.3) is 16.9 Å². The molecule has 0 unspecified atom stereocenters. The molecule has 2 heterocycles. The van der Waals surface area contributed by atoms with Crippen molar-refractivity contribution in [3.63, 3.8) is 0 Å². The van der Waals surface area contributed by atoms with Gasteiger partial charge in [-0.25, -0.2) is 4.68 Å². The second kappa shape index (κ2) is 7.94. The number of halogens is 2. The van der Waals surface area contributed by atoms with Crippen LogP contribution in [0.2, 0.25) is 10.0 Å². The van der Waals surface area contributed by atoms with Crippen LogP contribution in [0, 0.1) is 0 Å². The summed E-state index contributed by atoms with van der Waals surface area (Å²) in [5.41, 5.74) is 3.74. The lowest BCUT2D eigenvalue weighted by Gasteiger charge is -2.12. The van der Waals surface area contributed by atoms with Crippen LogP contribution >= 0.6 is 23.2 Å². The Morgan fingerprint density at radius 2 is 1.82 bits per heavy atom. The molecule has 3 aromatic rings. The average molecular weight is 418 g/mol. The molecule has 1 aromatic heterocycles. The third kappa shape index (κ3) is 3.40. The summed E-state index contributed by atoms with van der Waals surface area (Å²) in [4.78, 5) is 0. The summed E-state index contributed by atoms with van der Waals surface area (Å²) in [6.45, 7) is 0.891. The highest BCUT2D eigenvalue weighted by Crippen LogP contribution is 2.42. The molecule has 4 rings (SSSR count). The SMILES string of the molecule is COc1cccc(-c2nn(-c3cc(Cl)cc(Cl)c3)c3c2CCCCN3)c1OC. The van der Waals surface area contributed by atoms with Gasteiger partial charge in [-0.2, -0.15) is 5.10 Å². The van der Waals surface area contributed by atoms with Crippen molar-refractivity contribution in [3.8, 4) is 28.4 Å². The standard InChI is InChI=1S/C21H21Cl2N3O2/c1-27-18-8-5-7-16(20(18)28-2)19-17-6-3-4-9-24-21(17)26(25-19)15-11-13(22)10-14(23)12-15/h5,7-8,10-12,24H,3-4,6,9H2,1-2H3. The molecule has 2 aromatic carbocycles. The molecule has 0 aliphatic carbocycles. The topological polar surface area (TPSA) is 48.3 Å². The van der Waals surface area contributed by atoms with Crippen molar-refractivity contribution in [3.05, 3.63) is 52.0 Å². The van der Waals surface area contributed by atoms with E-state index in [0.29, 0.717) is 21.5 Å². The lowest BCUT2D eigenvalue weighted by molar-refractivity contribution is 0.356. The molecule has 0 amide bonds. The highest BCUT2D eigenvalue weighted by atomic mass is 35.5. The van der Waals surface area contributed by atoms with Crippen molar-refractivity contribution >= 4 is 29.0 Å². The Bertz CT molecular complexity index is 997. The molecule has 1 aliphatic heterocycles. The minimum atomic E-state index is 0.570. The molecule has 0 radical (unpaired) electrons. The first-order valence-electron chi connectivity index (χ1n) is 9.16. The molecular formula is C21H21Cl2N3O2. The first-order chi connectivity index (χ1) is 13.6. The van der Waals surface area contributed by atoms with Crippen LogP contribution in [0.5, 0.6) is 11.5 Å². The molecule has 1 aliphatic rings. The number of benzene rings is 2. The zero-order valence-electron chi connectivity index (χ0n) is 15.8. The Hall–Kier alpha value is -2.37. The van der Waals surface area contributed by atoms with Gasteiger partial charge in [-0.3, -0.25) is 0 Å². The Labute approximate surface area is 174 Å². The van der Waals surface area contributed by atoms with Gasteiger partial charge in [0.05, 0.1) is 19.9 Å². The van der Waals surface area contributed by atoms with Gasteiger partial charge in [0.15, 0.2) is 11.5 Å². The summed E-state index contributed by atoms with van der Waals surface area (Å²) < 4.78 is 13.0. The fraction of sp³-hybridized carbons (Fsp3) is 0.286. The van der Waals surface area contributed by atoms with Gasteiger partial charge in [0, 0.05) is 27.7 Å². The lowest BCUT2D eigenvalue weighted by Crippen LogP contribution is -2.07. The number of nitrogens with zero attached hydrogens (tertiary/aromatic N) is 2. The van der Waals surface area contributed by atoms with Crippen LogP contribution in [0.15, 0.2) is 36.4 Å². The molecule has 0 saturated heterocycles. The number of rotatable bonds is 4. The molecule has 7 heteroatoms. The zero-order valence-corrected chi connectivity index (χ0v) is 17.3. The number of para-hydroxylation sites is 1. The lowest BCUT2D eigenvalue weighted by atomic mass is 10.0. The third-order valence-electron chi connectivity index (χ3n) is 4.88. The van der Waals surface area contributed by atoms with Crippen molar-refractivity contribution in [2.45, 2.75) is 19.3 Å². The monoisotopic (exact) mass is 417 g/mol. The molecule has 1 N–H and O–H groups in total. The van der Waals surface area contributed by atoms with Crippen molar-refractivity contribution in [1.29, 1.82) is 0 Å². The van der Waals surface area contributed by atoms with Gasteiger partial charge in [0.25, 0.3) is 0 Å². The van der Waals surface area contributed by atoms with Gasteiger partial charge in [-0.15, -0.1) is 0 Å². The Morgan fingerprint density at radius 3 is 2.54 bits per heavy atom. The number of aromatic nitrogens is 2. The van der Waals surface area contributed by atoms with E-state index in [0.717, 1.165) is 54.1 Å². The highest BCUT2D eigenvalue weighted by Gasteiger charge is 2.25. The van der Waals surface area contributed by atoms with Crippen LogP contribution in [-0.4, -0.2) is 30.5 Å². The van der Waals surface area contributed by atoms with Gasteiger partial charge in [-0.1, -0.05) is 29.3 Å². The van der Waals surface area contributed by atoms with Crippen LogP contribution in [0.4, 0.5) is 5.82 Å². The number of hydrogen-bond donors (Lipinski definition) is 1. The molecule has 0 bridgehead atoms. The van der Waals surface area contributed by atoms with Gasteiger partial charge in [-0.05, 0) is 49.6 Å². The van der Waals surface area contributed by atoms with E-state index in [1.807, 2.05) is 35.0 Å². The summed E-state index contributed by atoms with van der Waals surface area (Å²) >= 11 is 12.5. The van der Waals surface area contributed by atoms with Crippen LogP contribution in [-0.2, 0) is 6.42 Å². The Balaban J connectivity index is 1.96. The fourth-order valence-corrected chi connectivity index (χ4v) is 4.16. The van der Waals surface area contributed by atoms with Crippen molar-refractivity contribution in [2.24, 2.45) is 0 Å². The second-order valence-corrected chi connectivity index (χ2v) is 7.51.